The molecule has 1 aromatic carbocycles. The van der Waals surface area contributed by atoms with Gasteiger partial charge in [-0.2, -0.15) is 4.99 Å². The number of aliphatic hydroxyl groups is 1. The van der Waals surface area contributed by atoms with E-state index in [0.29, 0.717) is 0 Å². The largest absolute Gasteiger partial charge is 0.573 e. The molecule has 0 saturated carbocycles. The lowest BCUT2D eigenvalue weighted by atomic mass is 10.2. The van der Waals surface area contributed by atoms with E-state index in [4.69, 9.17) is 9.84 Å². The van der Waals surface area contributed by atoms with E-state index in [9.17, 15) is 22.8 Å². The Morgan fingerprint density at radius 3 is 2.59 bits per heavy atom. The fraction of sp³-hybridized carbons (Fsp3) is 0.389. The fourth-order valence-corrected chi connectivity index (χ4v) is 2.98. The van der Waals surface area contributed by atoms with Crippen molar-refractivity contribution in [3.05, 3.63) is 50.7 Å². The first-order valence-electron chi connectivity index (χ1n) is 8.82. The fourth-order valence-electron chi connectivity index (χ4n) is 2.98. The van der Waals surface area contributed by atoms with Gasteiger partial charge in [0.25, 0.3) is 5.56 Å². The Kier molecular flexibility index (Phi) is 5.78. The van der Waals surface area contributed by atoms with E-state index in [1.807, 2.05) is 0 Å². The Bertz CT molecular complexity index is 1060. The van der Waals surface area contributed by atoms with E-state index in [-0.39, 0.29) is 55.6 Å². The van der Waals surface area contributed by atoms with E-state index in [1.54, 1.807) is 6.92 Å². The molecule has 3 rings (SSSR count). The highest BCUT2D eigenvalue weighted by molar-refractivity contribution is 5.88. The predicted molar refractivity (Wildman–Crippen MR) is 96.9 cm³/mol. The van der Waals surface area contributed by atoms with Crippen LogP contribution in [-0.2, 0) is 19.5 Å². The van der Waals surface area contributed by atoms with Crippen LogP contribution in [0, 0.1) is 0 Å². The molecule has 0 radical (unpaired) electrons. The van der Waals surface area contributed by atoms with Gasteiger partial charge in [0.1, 0.15) is 17.3 Å². The molecule has 1 aromatic heterocycles. The summed E-state index contributed by atoms with van der Waals surface area (Å²) < 4.78 is 48.9. The molecule has 0 saturated heterocycles. The minimum atomic E-state index is -4.84. The van der Waals surface area contributed by atoms with Crippen molar-refractivity contribution in [1.82, 2.24) is 9.13 Å². The molecule has 0 amide bonds. The number of rotatable bonds is 6. The van der Waals surface area contributed by atoms with Crippen LogP contribution >= 0.6 is 0 Å². The molecule has 0 spiro atoms. The summed E-state index contributed by atoms with van der Waals surface area (Å²) in [5.74, 6) is -0.171. The second-order valence-corrected chi connectivity index (χ2v) is 6.17. The molecular formula is C18H18F3N3O5. The van der Waals surface area contributed by atoms with Crippen molar-refractivity contribution in [3.63, 3.8) is 0 Å². The normalized spacial score (nSPS) is 13.2. The molecule has 2 aromatic rings. The standard InChI is InChI=1S/C18H18F3N3O5/c1-2-23-15-13(16(26)24(17(23)27)7-4-8-25)10-14(22-15)28-11-5-3-6-12(9-11)29-18(19,20)21/h3,5-6,9,25H,2,4,7-8,10H2,1H3. The highest BCUT2D eigenvalue weighted by atomic mass is 19.4. The summed E-state index contributed by atoms with van der Waals surface area (Å²) in [6.07, 6.45) is -4.61. The summed E-state index contributed by atoms with van der Waals surface area (Å²) in [7, 11) is 0. The zero-order valence-electron chi connectivity index (χ0n) is 15.4. The molecular weight excluding hydrogens is 395 g/mol. The van der Waals surface area contributed by atoms with Gasteiger partial charge in [0.15, 0.2) is 0 Å². The summed E-state index contributed by atoms with van der Waals surface area (Å²) in [5.41, 5.74) is -0.822. The monoisotopic (exact) mass is 413 g/mol. The third-order valence-electron chi connectivity index (χ3n) is 4.18. The van der Waals surface area contributed by atoms with Crippen LogP contribution in [0.25, 0.3) is 0 Å². The molecule has 11 heteroatoms. The highest BCUT2D eigenvalue weighted by Gasteiger charge is 2.31. The molecule has 8 nitrogen and oxygen atoms in total. The molecule has 0 unspecified atom stereocenters. The maximum Gasteiger partial charge on any atom is 0.573 e. The van der Waals surface area contributed by atoms with Crippen molar-refractivity contribution < 1.29 is 27.8 Å². The third kappa shape index (κ3) is 4.50. The average molecular weight is 413 g/mol. The van der Waals surface area contributed by atoms with Crippen LogP contribution < -0.4 is 20.7 Å². The van der Waals surface area contributed by atoms with Crippen molar-refractivity contribution >= 4 is 11.7 Å². The topological polar surface area (TPSA) is 95.0 Å². The molecule has 2 heterocycles. The second kappa shape index (κ2) is 8.11. The van der Waals surface area contributed by atoms with Gasteiger partial charge in [-0.1, -0.05) is 6.07 Å². The molecule has 0 bridgehead atoms. The van der Waals surface area contributed by atoms with Gasteiger partial charge in [-0.05, 0) is 25.5 Å². The maximum atomic E-state index is 12.7. The lowest BCUT2D eigenvalue weighted by molar-refractivity contribution is -0.274. The smallest absolute Gasteiger partial charge is 0.442 e. The zero-order chi connectivity index (χ0) is 21.2. The van der Waals surface area contributed by atoms with Crippen LogP contribution in [0.3, 0.4) is 0 Å². The second-order valence-electron chi connectivity index (χ2n) is 6.17. The number of aliphatic imine (C=N–C) groups is 1. The van der Waals surface area contributed by atoms with Gasteiger partial charge < -0.3 is 14.6 Å². The minimum absolute atomic E-state index is 0.0159. The van der Waals surface area contributed by atoms with Crippen LogP contribution in [0.2, 0.25) is 0 Å². The van der Waals surface area contributed by atoms with Crippen LogP contribution in [-0.4, -0.2) is 33.1 Å². The van der Waals surface area contributed by atoms with Gasteiger partial charge >= 0.3 is 12.1 Å². The first-order chi connectivity index (χ1) is 13.7. The number of hydrogen-bond acceptors (Lipinski definition) is 6. The highest BCUT2D eigenvalue weighted by Crippen LogP contribution is 2.28. The number of nitrogens with zero attached hydrogens (tertiary/aromatic N) is 3. The summed E-state index contributed by atoms with van der Waals surface area (Å²) in [4.78, 5) is 29.4. The first kappa shape index (κ1) is 20.6. The van der Waals surface area contributed by atoms with Crippen molar-refractivity contribution in [2.75, 3.05) is 6.61 Å². The SMILES string of the molecule is CCn1c2c(c(=O)n(CCCO)c1=O)CC(Oc1cccc(OC(F)(F)F)c1)=N2. The number of benzene rings is 1. The lowest BCUT2D eigenvalue weighted by Gasteiger charge is -2.11. The van der Waals surface area contributed by atoms with Crippen molar-refractivity contribution in [1.29, 1.82) is 0 Å². The number of hydrogen-bond donors (Lipinski definition) is 1. The zero-order valence-corrected chi connectivity index (χ0v) is 15.4. The molecule has 1 aliphatic rings. The van der Waals surface area contributed by atoms with Crippen molar-refractivity contribution in [2.24, 2.45) is 4.99 Å². The van der Waals surface area contributed by atoms with Crippen LogP contribution in [0.1, 0.15) is 18.9 Å². The van der Waals surface area contributed by atoms with Crippen LogP contribution in [0.4, 0.5) is 19.0 Å². The summed E-state index contributed by atoms with van der Waals surface area (Å²) >= 11 is 0. The van der Waals surface area contributed by atoms with Gasteiger partial charge in [0.05, 0.1) is 12.0 Å². The quantitative estimate of drug-likeness (QED) is 0.782. The number of halogens is 3. The number of fused-ring (bicyclic) bond motifs is 1. The lowest BCUT2D eigenvalue weighted by Crippen LogP contribution is -2.41. The number of ether oxygens (including phenoxy) is 2. The number of alkyl halides is 3. The van der Waals surface area contributed by atoms with Crippen molar-refractivity contribution in [2.45, 2.75) is 39.2 Å². The molecule has 0 aliphatic carbocycles. The Balaban J connectivity index is 1.90. The molecule has 1 aliphatic heterocycles. The number of aromatic nitrogens is 2. The Morgan fingerprint density at radius 2 is 1.93 bits per heavy atom. The predicted octanol–water partition coefficient (Wildman–Crippen LogP) is 1.98. The molecule has 1 N–H and O–H groups in total. The minimum Gasteiger partial charge on any atom is -0.442 e. The summed E-state index contributed by atoms with van der Waals surface area (Å²) in [6.45, 7) is 1.87. The maximum absolute atomic E-state index is 12.7. The summed E-state index contributed by atoms with van der Waals surface area (Å²) in [6, 6.07) is 4.91. The van der Waals surface area contributed by atoms with E-state index in [2.05, 4.69) is 9.73 Å². The van der Waals surface area contributed by atoms with Gasteiger partial charge in [-0.25, -0.2) is 4.79 Å². The Hall–Kier alpha value is -3.08. The third-order valence-corrected chi connectivity index (χ3v) is 4.18. The van der Waals surface area contributed by atoms with Gasteiger partial charge in [-0.15, -0.1) is 13.2 Å². The van der Waals surface area contributed by atoms with E-state index >= 15 is 0 Å². The van der Waals surface area contributed by atoms with E-state index < -0.39 is 23.4 Å². The first-order valence-corrected chi connectivity index (χ1v) is 8.82. The molecule has 0 atom stereocenters. The van der Waals surface area contributed by atoms with Crippen molar-refractivity contribution in [3.8, 4) is 11.5 Å². The Labute approximate surface area is 162 Å². The molecule has 0 fully saturated rings. The van der Waals surface area contributed by atoms with Gasteiger partial charge in [0.2, 0.25) is 5.90 Å². The molecule has 29 heavy (non-hydrogen) atoms. The van der Waals surface area contributed by atoms with Gasteiger partial charge in [-0.3, -0.25) is 13.9 Å². The Morgan fingerprint density at radius 1 is 1.21 bits per heavy atom. The van der Waals surface area contributed by atoms with E-state index in [1.165, 1.54) is 16.7 Å². The van der Waals surface area contributed by atoms with Crippen LogP contribution in [0.15, 0.2) is 38.8 Å². The van der Waals surface area contributed by atoms with E-state index in [0.717, 1.165) is 16.7 Å². The molecule has 156 valence electrons. The average Bonchev–Trinajstić information content (AvgIpc) is 3.04. The van der Waals surface area contributed by atoms with Gasteiger partial charge in [0, 0.05) is 25.8 Å². The summed E-state index contributed by atoms with van der Waals surface area (Å²) in [5, 5.41) is 8.98. The number of aliphatic hydroxyl groups excluding tert-OH is 1. The van der Waals surface area contributed by atoms with Crippen LogP contribution in [0.5, 0.6) is 11.5 Å².